The molecule has 0 bridgehead atoms. The van der Waals surface area contributed by atoms with Crippen LogP contribution in [0.15, 0.2) is 29.2 Å². The van der Waals surface area contributed by atoms with Gasteiger partial charge in [0.2, 0.25) is 0 Å². The van der Waals surface area contributed by atoms with Gasteiger partial charge in [0.05, 0.1) is 17.1 Å². The van der Waals surface area contributed by atoms with Crippen molar-refractivity contribution in [3.05, 3.63) is 29.8 Å². The first kappa shape index (κ1) is 22.1. The molecule has 1 aromatic carbocycles. The molecule has 0 aliphatic carbocycles. The number of esters is 1. The van der Waals surface area contributed by atoms with E-state index in [0.29, 0.717) is 5.56 Å². The third kappa shape index (κ3) is 6.74. The van der Waals surface area contributed by atoms with Crippen LogP contribution in [0.25, 0.3) is 0 Å². The lowest BCUT2D eigenvalue weighted by Crippen LogP contribution is -2.41. The fourth-order valence-electron chi connectivity index (χ4n) is 2.06. The molecule has 0 aromatic heterocycles. The van der Waals surface area contributed by atoms with Crippen molar-refractivity contribution in [1.82, 2.24) is 5.48 Å². The first-order valence-electron chi connectivity index (χ1n) is 7.91. The highest BCUT2D eigenvalue weighted by atomic mass is 32.2. The number of benzene rings is 1. The summed E-state index contributed by atoms with van der Waals surface area (Å²) < 4.78 is 28.3. The minimum absolute atomic E-state index is 0.0869. The van der Waals surface area contributed by atoms with Gasteiger partial charge >= 0.3 is 5.97 Å². The number of ether oxygens (including phenoxy) is 1. The number of hydrogen-bond donors (Lipinski definition) is 2. The molecule has 0 heterocycles. The summed E-state index contributed by atoms with van der Waals surface area (Å²) in [7, 11) is -3.39. The van der Waals surface area contributed by atoms with E-state index in [1.165, 1.54) is 31.2 Å². The van der Waals surface area contributed by atoms with E-state index in [0.717, 1.165) is 6.26 Å². The molecule has 0 saturated carbocycles. The van der Waals surface area contributed by atoms with Crippen LogP contribution in [0.5, 0.6) is 0 Å². The molecule has 2 atom stereocenters. The van der Waals surface area contributed by atoms with Crippen LogP contribution < -0.4 is 5.48 Å². The zero-order valence-corrected chi connectivity index (χ0v) is 16.3. The Labute approximate surface area is 153 Å². The van der Waals surface area contributed by atoms with Crippen molar-refractivity contribution in [3.8, 4) is 0 Å². The Morgan fingerprint density at radius 2 is 1.73 bits per heavy atom. The maximum atomic E-state index is 12.4. The molecule has 26 heavy (non-hydrogen) atoms. The van der Waals surface area contributed by atoms with E-state index in [1.54, 1.807) is 20.8 Å². The zero-order valence-electron chi connectivity index (χ0n) is 15.5. The van der Waals surface area contributed by atoms with Crippen LogP contribution >= 0.6 is 0 Å². The highest BCUT2D eigenvalue weighted by Crippen LogP contribution is 2.28. The lowest BCUT2D eigenvalue weighted by atomic mass is 9.95. The van der Waals surface area contributed by atoms with E-state index in [2.05, 4.69) is 5.48 Å². The van der Waals surface area contributed by atoms with Crippen molar-refractivity contribution in [2.45, 2.75) is 44.3 Å². The minimum Gasteiger partial charge on any atom is -0.457 e. The van der Waals surface area contributed by atoms with E-state index in [-0.39, 0.29) is 4.90 Å². The predicted octanol–water partition coefficient (Wildman–Crippen LogP) is 1.15. The van der Waals surface area contributed by atoms with Crippen molar-refractivity contribution in [1.29, 1.82) is 0 Å². The van der Waals surface area contributed by atoms with Crippen LogP contribution in [0.3, 0.4) is 0 Å². The molecule has 0 radical (unpaired) electrons. The fourth-order valence-corrected chi connectivity index (χ4v) is 2.69. The number of rotatable bonds is 7. The van der Waals surface area contributed by atoms with Crippen LogP contribution in [0.2, 0.25) is 0 Å². The standard InChI is InChI=1S/C17H25NO7S/c1-11(20)24-15(12-6-8-13(9-7-12)26(5,22)23)14(10-19)16(21)18-25-17(2,3)4/h6-9,14-15,19H,10H2,1-5H3,(H,18,21)/t14-,15+/m1/s1. The molecule has 1 rings (SSSR count). The number of sulfone groups is 1. The van der Waals surface area contributed by atoms with Crippen LogP contribution in [0.4, 0.5) is 0 Å². The largest absolute Gasteiger partial charge is 0.457 e. The van der Waals surface area contributed by atoms with Crippen LogP contribution in [0, 0.1) is 5.92 Å². The van der Waals surface area contributed by atoms with Crippen molar-refractivity contribution >= 4 is 21.7 Å². The van der Waals surface area contributed by atoms with Crippen molar-refractivity contribution < 1.29 is 32.7 Å². The monoisotopic (exact) mass is 387 g/mol. The number of amides is 1. The molecule has 0 spiro atoms. The number of aliphatic hydroxyl groups is 1. The number of carbonyl (C=O) groups excluding carboxylic acids is 2. The molecule has 1 amide bonds. The van der Waals surface area contributed by atoms with Gasteiger partial charge in [-0.05, 0) is 38.5 Å². The molecule has 1 aromatic rings. The highest BCUT2D eigenvalue weighted by Gasteiger charge is 2.33. The van der Waals surface area contributed by atoms with Crippen LogP contribution in [-0.2, 0) is 29.0 Å². The summed E-state index contributed by atoms with van der Waals surface area (Å²) >= 11 is 0. The Morgan fingerprint density at radius 1 is 1.19 bits per heavy atom. The van der Waals surface area contributed by atoms with E-state index >= 15 is 0 Å². The fraction of sp³-hybridized carbons (Fsp3) is 0.529. The topological polar surface area (TPSA) is 119 Å². The number of carbonyl (C=O) groups is 2. The number of nitrogens with one attached hydrogen (secondary N) is 1. The number of hydroxylamine groups is 1. The smallest absolute Gasteiger partial charge is 0.303 e. The summed E-state index contributed by atoms with van der Waals surface area (Å²) in [5.41, 5.74) is 1.97. The molecule has 9 heteroatoms. The van der Waals surface area contributed by atoms with E-state index < -0.39 is 45.9 Å². The third-order valence-corrected chi connectivity index (χ3v) is 4.41. The maximum absolute atomic E-state index is 12.4. The highest BCUT2D eigenvalue weighted by molar-refractivity contribution is 7.90. The molecule has 0 aliphatic heterocycles. The van der Waals surface area contributed by atoms with Crippen molar-refractivity contribution in [2.24, 2.45) is 5.92 Å². The lowest BCUT2D eigenvalue weighted by molar-refractivity contribution is -0.163. The van der Waals surface area contributed by atoms with Gasteiger partial charge in [-0.3, -0.25) is 14.4 Å². The van der Waals surface area contributed by atoms with Crippen LogP contribution in [-0.4, -0.2) is 43.9 Å². The summed E-state index contributed by atoms with van der Waals surface area (Å²) in [6.07, 6.45) is -0.0333. The second-order valence-corrected chi connectivity index (χ2v) is 8.86. The predicted molar refractivity (Wildman–Crippen MR) is 93.6 cm³/mol. The SMILES string of the molecule is CC(=O)O[C@@H](c1ccc(S(C)(=O)=O)cc1)[C@@H](CO)C(=O)NOC(C)(C)C. The second-order valence-electron chi connectivity index (χ2n) is 6.84. The Kier molecular flexibility index (Phi) is 7.31. The Morgan fingerprint density at radius 3 is 2.12 bits per heavy atom. The average Bonchev–Trinajstić information content (AvgIpc) is 2.51. The van der Waals surface area contributed by atoms with Gasteiger partial charge in [0.15, 0.2) is 9.84 Å². The van der Waals surface area contributed by atoms with Gasteiger partial charge < -0.3 is 9.84 Å². The average molecular weight is 387 g/mol. The van der Waals surface area contributed by atoms with E-state index in [4.69, 9.17) is 9.57 Å². The molecule has 0 aliphatic rings. The lowest BCUT2D eigenvalue weighted by Gasteiger charge is -2.26. The van der Waals surface area contributed by atoms with Gasteiger partial charge in [-0.25, -0.2) is 13.9 Å². The van der Waals surface area contributed by atoms with Gasteiger partial charge in [0, 0.05) is 13.2 Å². The number of aliphatic hydroxyl groups excluding tert-OH is 1. The first-order valence-corrected chi connectivity index (χ1v) is 9.80. The maximum Gasteiger partial charge on any atom is 0.303 e. The summed E-state index contributed by atoms with van der Waals surface area (Å²) in [5, 5.41) is 9.65. The van der Waals surface area contributed by atoms with Gasteiger partial charge in [-0.1, -0.05) is 12.1 Å². The van der Waals surface area contributed by atoms with Gasteiger partial charge in [0.25, 0.3) is 5.91 Å². The normalized spacial score (nSPS) is 14.4. The van der Waals surface area contributed by atoms with E-state index in [1.807, 2.05) is 0 Å². The Bertz CT molecular complexity index is 735. The molecule has 0 unspecified atom stereocenters. The van der Waals surface area contributed by atoms with E-state index in [9.17, 15) is 23.1 Å². The third-order valence-electron chi connectivity index (χ3n) is 3.29. The molecule has 0 saturated heterocycles. The molecular weight excluding hydrogens is 362 g/mol. The summed E-state index contributed by atoms with van der Waals surface area (Å²) in [6.45, 7) is 5.76. The summed E-state index contributed by atoms with van der Waals surface area (Å²) in [5.74, 6) is -2.45. The molecule has 0 fully saturated rings. The second kappa shape index (κ2) is 8.61. The Hall–Kier alpha value is -1.97. The quantitative estimate of drug-likeness (QED) is 0.532. The number of hydrogen-bond acceptors (Lipinski definition) is 7. The molecule has 146 valence electrons. The van der Waals surface area contributed by atoms with Crippen molar-refractivity contribution in [3.63, 3.8) is 0 Å². The van der Waals surface area contributed by atoms with Crippen LogP contribution in [0.1, 0.15) is 39.4 Å². The Balaban J connectivity index is 3.13. The summed E-state index contributed by atoms with van der Waals surface area (Å²) in [6, 6.07) is 5.56. The summed E-state index contributed by atoms with van der Waals surface area (Å²) in [4.78, 5) is 29.1. The van der Waals surface area contributed by atoms with Crippen molar-refractivity contribution in [2.75, 3.05) is 12.9 Å². The molecular formula is C17H25NO7S. The zero-order chi connectivity index (χ0) is 20.1. The van der Waals surface area contributed by atoms with Gasteiger partial charge in [0.1, 0.15) is 12.0 Å². The molecule has 8 nitrogen and oxygen atoms in total. The minimum atomic E-state index is -3.39. The van der Waals surface area contributed by atoms with Gasteiger partial charge in [-0.2, -0.15) is 0 Å². The first-order chi connectivity index (χ1) is 11.8. The van der Waals surface area contributed by atoms with Gasteiger partial charge in [-0.15, -0.1) is 0 Å². The molecule has 2 N–H and O–H groups in total.